The number of benzene rings is 2. The first-order valence-electron chi connectivity index (χ1n) is 8.95. The number of hydrogen-bond donors (Lipinski definition) is 0. The number of Topliss-reactive ketones (excluding diaryl/α,β-unsaturated/α-hetero) is 1. The number of halogens is 3. The van der Waals surface area contributed by atoms with Gasteiger partial charge in [0.15, 0.2) is 11.6 Å². The van der Waals surface area contributed by atoms with E-state index in [4.69, 9.17) is 0 Å². The molecule has 3 nitrogen and oxygen atoms in total. The number of rotatable bonds is 6. The summed E-state index contributed by atoms with van der Waals surface area (Å²) in [7, 11) is 0. The van der Waals surface area contributed by atoms with Crippen LogP contribution < -0.4 is 0 Å². The molecule has 3 rings (SSSR count). The maximum Gasteiger partial charge on any atom is 0.273 e. The van der Waals surface area contributed by atoms with Gasteiger partial charge in [0.2, 0.25) is 0 Å². The zero-order chi connectivity index (χ0) is 20.3. The van der Waals surface area contributed by atoms with Gasteiger partial charge in [-0.05, 0) is 18.2 Å². The Morgan fingerprint density at radius 1 is 1.00 bits per heavy atom. The highest BCUT2D eigenvalue weighted by Gasteiger charge is 2.29. The summed E-state index contributed by atoms with van der Waals surface area (Å²) in [5.74, 6) is -3.41. The Kier molecular flexibility index (Phi) is 5.58. The summed E-state index contributed by atoms with van der Waals surface area (Å²) in [4.78, 5) is 20.5. The molecule has 2 aromatic carbocycles. The van der Waals surface area contributed by atoms with E-state index in [-0.39, 0.29) is 29.3 Å². The molecular formula is C22H19F3N2O. The van der Waals surface area contributed by atoms with E-state index in [9.17, 15) is 18.0 Å². The summed E-state index contributed by atoms with van der Waals surface area (Å²) in [6.07, 6.45) is 0.150. The number of carbonyl (C=O) groups is 1. The molecule has 0 saturated carbocycles. The Morgan fingerprint density at radius 3 is 2.32 bits per heavy atom. The quantitative estimate of drug-likeness (QED) is 0.486. The van der Waals surface area contributed by atoms with Gasteiger partial charge >= 0.3 is 0 Å². The molecule has 144 valence electrons. The third-order valence-electron chi connectivity index (χ3n) is 4.34. The van der Waals surface area contributed by atoms with Crippen LogP contribution >= 0.6 is 0 Å². The zero-order valence-corrected chi connectivity index (χ0v) is 15.5. The second kappa shape index (κ2) is 7.92. The summed E-state index contributed by atoms with van der Waals surface area (Å²) in [6, 6.07) is 13.1. The van der Waals surface area contributed by atoms with Crippen LogP contribution in [0.2, 0.25) is 0 Å². The van der Waals surface area contributed by atoms with Crippen molar-refractivity contribution in [1.82, 2.24) is 9.97 Å². The fourth-order valence-corrected chi connectivity index (χ4v) is 2.88. The van der Waals surface area contributed by atoms with E-state index < -0.39 is 11.7 Å². The molecule has 0 spiro atoms. The van der Waals surface area contributed by atoms with Crippen LogP contribution in [0.15, 0.2) is 54.6 Å². The molecule has 3 aromatic rings. The van der Waals surface area contributed by atoms with Crippen molar-refractivity contribution in [3.63, 3.8) is 0 Å². The molecule has 0 bridgehead atoms. The molecule has 0 amide bonds. The van der Waals surface area contributed by atoms with Gasteiger partial charge in [0.05, 0.1) is 5.69 Å². The summed E-state index contributed by atoms with van der Waals surface area (Å²) >= 11 is 0. The van der Waals surface area contributed by atoms with Crippen molar-refractivity contribution < 1.29 is 18.0 Å². The minimum absolute atomic E-state index is 0.0655. The minimum Gasteiger partial charge on any atom is -0.293 e. The predicted octanol–water partition coefficient (Wildman–Crippen LogP) is 6.04. The average molecular weight is 384 g/mol. The van der Waals surface area contributed by atoms with Crippen LogP contribution in [0.25, 0.3) is 22.6 Å². The number of alkyl halides is 2. The Balaban J connectivity index is 2.05. The van der Waals surface area contributed by atoms with Crippen molar-refractivity contribution in [2.45, 2.75) is 32.6 Å². The first-order valence-corrected chi connectivity index (χ1v) is 8.95. The predicted molar refractivity (Wildman–Crippen MR) is 102 cm³/mol. The van der Waals surface area contributed by atoms with Gasteiger partial charge in [-0.15, -0.1) is 0 Å². The van der Waals surface area contributed by atoms with Crippen molar-refractivity contribution in [3.05, 3.63) is 71.7 Å². The second-order valence-electron chi connectivity index (χ2n) is 6.56. The molecule has 0 saturated heterocycles. The Hall–Kier alpha value is -3.02. The normalized spacial score (nSPS) is 11.5. The highest BCUT2D eigenvalue weighted by Crippen LogP contribution is 2.34. The van der Waals surface area contributed by atoms with Gasteiger partial charge in [-0.25, -0.2) is 23.1 Å². The van der Waals surface area contributed by atoms with Gasteiger partial charge in [-0.2, -0.15) is 0 Å². The molecule has 0 aliphatic carbocycles. The van der Waals surface area contributed by atoms with E-state index in [1.54, 1.807) is 25.1 Å². The molecule has 1 heterocycles. The zero-order valence-electron chi connectivity index (χ0n) is 15.5. The number of hydrogen-bond acceptors (Lipinski definition) is 3. The van der Waals surface area contributed by atoms with E-state index >= 15 is 0 Å². The molecule has 0 fully saturated rings. The van der Waals surface area contributed by atoms with Gasteiger partial charge in [-0.3, -0.25) is 4.79 Å². The molecule has 0 unspecified atom stereocenters. The molecule has 6 heteroatoms. The first-order chi connectivity index (χ1) is 13.3. The lowest BCUT2D eigenvalue weighted by Crippen LogP contribution is -2.12. The number of aromatic nitrogens is 2. The van der Waals surface area contributed by atoms with Crippen LogP contribution in [0, 0.1) is 5.82 Å². The third-order valence-corrected chi connectivity index (χ3v) is 4.34. The van der Waals surface area contributed by atoms with Crippen LogP contribution in [-0.2, 0) is 5.92 Å². The third kappa shape index (κ3) is 4.27. The lowest BCUT2D eigenvalue weighted by molar-refractivity contribution is -0.0140. The molecule has 0 aliphatic heterocycles. The van der Waals surface area contributed by atoms with Gasteiger partial charge in [0.25, 0.3) is 5.92 Å². The Bertz CT molecular complexity index is 1000. The van der Waals surface area contributed by atoms with Crippen molar-refractivity contribution >= 4 is 5.78 Å². The Labute approximate surface area is 161 Å². The molecule has 0 atom stereocenters. The van der Waals surface area contributed by atoms with Crippen molar-refractivity contribution in [1.29, 1.82) is 0 Å². The van der Waals surface area contributed by atoms with E-state index in [1.165, 1.54) is 43.3 Å². The average Bonchev–Trinajstić information content (AvgIpc) is 2.67. The van der Waals surface area contributed by atoms with Gasteiger partial charge in [-0.1, -0.05) is 49.7 Å². The number of carbonyl (C=O) groups excluding carboxylic acids is 1. The molecular weight excluding hydrogens is 365 g/mol. The van der Waals surface area contributed by atoms with Crippen LogP contribution in [0.5, 0.6) is 0 Å². The Morgan fingerprint density at radius 2 is 1.71 bits per heavy atom. The summed E-state index contributed by atoms with van der Waals surface area (Å²) in [6.45, 7) is 3.08. The second-order valence-corrected chi connectivity index (χ2v) is 6.56. The van der Waals surface area contributed by atoms with Crippen LogP contribution in [0.4, 0.5) is 13.2 Å². The van der Waals surface area contributed by atoms with Gasteiger partial charge in [0.1, 0.15) is 11.5 Å². The fraction of sp³-hybridized carbons (Fsp3) is 0.227. The monoisotopic (exact) mass is 384 g/mol. The summed E-state index contributed by atoms with van der Waals surface area (Å²) < 4.78 is 41.7. The molecule has 0 radical (unpaired) electrons. The van der Waals surface area contributed by atoms with Crippen molar-refractivity contribution in [2.24, 2.45) is 0 Å². The van der Waals surface area contributed by atoms with Crippen molar-refractivity contribution in [3.8, 4) is 22.6 Å². The van der Waals surface area contributed by atoms with E-state index in [2.05, 4.69) is 9.97 Å². The van der Waals surface area contributed by atoms with Crippen LogP contribution in [0.3, 0.4) is 0 Å². The lowest BCUT2D eigenvalue weighted by atomic mass is 10.0. The van der Waals surface area contributed by atoms with Crippen molar-refractivity contribution in [2.75, 3.05) is 0 Å². The largest absolute Gasteiger partial charge is 0.293 e. The molecule has 0 aliphatic rings. The van der Waals surface area contributed by atoms with Gasteiger partial charge in [0, 0.05) is 30.0 Å². The maximum atomic E-state index is 14.1. The first kappa shape index (κ1) is 19.7. The highest BCUT2D eigenvalue weighted by atomic mass is 19.3. The van der Waals surface area contributed by atoms with E-state index in [0.29, 0.717) is 23.2 Å². The van der Waals surface area contributed by atoms with E-state index in [0.717, 1.165) is 0 Å². The van der Waals surface area contributed by atoms with E-state index in [1.807, 2.05) is 0 Å². The molecule has 1 aromatic heterocycles. The number of ketones is 1. The maximum absolute atomic E-state index is 14.1. The standard InChI is InChI=1S/C22H19F3N2O/c1-3-11-22(24,25)17-9-7-15(8-10-17)20-13-19(14(2)28)26-21(27-20)16-5-4-6-18(23)12-16/h4-10,12-13H,3,11H2,1-2H3. The fourth-order valence-electron chi connectivity index (χ4n) is 2.88. The smallest absolute Gasteiger partial charge is 0.273 e. The number of nitrogens with zero attached hydrogens (tertiary/aromatic N) is 2. The lowest BCUT2D eigenvalue weighted by Gasteiger charge is -2.16. The summed E-state index contributed by atoms with van der Waals surface area (Å²) in [5.41, 5.74) is 1.51. The topological polar surface area (TPSA) is 42.9 Å². The summed E-state index contributed by atoms with van der Waals surface area (Å²) in [5, 5.41) is 0. The SMILES string of the molecule is CCCC(F)(F)c1ccc(-c2cc(C(C)=O)nc(-c3cccc(F)c3)n2)cc1. The molecule has 28 heavy (non-hydrogen) atoms. The minimum atomic E-state index is -2.89. The van der Waals surface area contributed by atoms with Crippen LogP contribution in [-0.4, -0.2) is 15.8 Å². The van der Waals surface area contributed by atoms with Gasteiger partial charge < -0.3 is 0 Å². The highest BCUT2D eigenvalue weighted by molar-refractivity contribution is 5.93. The van der Waals surface area contributed by atoms with Crippen LogP contribution in [0.1, 0.15) is 42.7 Å². The molecule has 0 N–H and O–H groups in total.